The zero-order chi connectivity index (χ0) is 13.0. The van der Waals surface area contributed by atoms with E-state index in [1.54, 1.807) is 0 Å². The van der Waals surface area contributed by atoms with Crippen LogP contribution in [0.25, 0.3) is 0 Å². The monoisotopic (exact) mass is 241 g/mol. The fourth-order valence-electron chi connectivity index (χ4n) is 2.05. The van der Waals surface area contributed by atoms with Crippen molar-refractivity contribution in [2.45, 2.75) is 26.8 Å². The molecule has 0 aromatic carbocycles. The van der Waals surface area contributed by atoms with E-state index in [4.69, 9.17) is 0 Å². The largest absolute Gasteiger partial charge is 0.305 e. The van der Waals surface area contributed by atoms with Gasteiger partial charge in [0, 0.05) is 18.6 Å². The summed E-state index contributed by atoms with van der Waals surface area (Å²) in [4.78, 5) is 8.74. The molecule has 0 radical (unpaired) electrons. The maximum atomic E-state index is 4.47. The molecule has 0 saturated heterocycles. The summed E-state index contributed by atoms with van der Waals surface area (Å²) in [6.07, 6.45) is 5.64. The smallest absolute Gasteiger partial charge is 0.0766 e. The quantitative estimate of drug-likeness (QED) is 0.894. The molecule has 3 nitrogen and oxygen atoms in total. The van der Waals surface area contributed by atoms with Gasteiger partial charge in [-0.1, -0.05) is 13.0 Å². The van der Waals surface area contributed by atoms with E-state index >= 15 is 0 Å². The summed E-state index contributed by atoms with van der Waals surface area (Å²) in [5.74, 6) is 0. The highest BCUT2D eigenvalue weighted by molar-refractivity contribution is 5.29. The van der Waals surface area contributed by atoms with Gasteiger partial charge < -0.3 is 5.32 Å². The van der Waals surface area contributed by atoms with Crippen molar-refractivity contribution in [1.82, 2.24) is 15.3 Å². The number of nitrogens with one attached hydrogen (secondary N) is 1. The molecule has 2 heterocycles. The standard InChI is InChI=1S/C15H19N3/c1-4-17-15(13-7-12(3)9-16-10-13)14-8-11(2)5-6-18-14/h5-10,15,17H,4H2,1-3H3. The summed E-state index contributed by atoms with van der Waals surface area (Å²) in [6.45, 7) is 7.14. The molecule has 0 saturated carbocycles. The molecule has 0 amide bonds. The van der Waals surface area contributed by atoms with Crippen LogP contribution in [0.15, 0.2) is 36.8 Å². The van der Waals surface area contributed by atoms with Gasteiger partial charge in [-0.25, -0.2) is 0 Å². The molecule has 0 bridgehead atoms. The van der Waals surface area contributed by atoms with Crippen LogP contribution in [0.5, 0.6) is 0 Å². The number of hydrogen-bond acceptors (Lipinski definition) is 3. The Kier molecular flexibility index (Phi) is 4.05. The van der Waals surface area contributed by atoms with Gasteiger partial charge in [0.2, 0.25) is 0 Å². The minimum Gasteiger partial charge on any atom is -0.305 e. The minimum absolute atomic E-state index is 0.113. The lowest BCUT2D eigenvalue weighted by atomic mass is 10.0. The van der Waals surface area contributed by atoms with Crippen molar-refractivity contribution in [3.63, 3.8) is 0 Å². The summed E-state index contributed by atoms with van der Waals surface area (Å²) < 4.78 is 0. The maximum Gasteiger partial charge on any atom is 0.0766 e. The van der Waals surface area contributed by atoms with Gasteiger partial charge in [-0.05, 0) is 49.2 Å². The van der Waals surface area contributed by atoms with E-state index in [9.17, 15) is 0 Å². The molecule has 2 aromatic rings. The fraction of sp³-hybridized carbons (Fsp3) is 0.333. The third-order valence-electron chi connectivity index (χ3n) is 2.87. The molecule has 0 aliphatic carbocycles. The average Bonchev–Trinajstić information content (AvgIpc) is 2.36. The van der Waals surface area contributed by atoms with Crippen LogP contribution in [0.2, 0.25) is 0 Å². The van der Waals surface area contributed by atoms with Crippen LogP contribution in [0, 0.1) is 13.8 Å². The Labute approximate surface area is 108 Å². The molecule has 0 aliphatic rings. The molecule has 2 aromatic heterocycles. The Morgan fingerprint density at radius 2 is 2.00 bits per heavy atom. The van der Waals surface area contributed by atoms with Crippen LogP contribution in [-0.2, 0) is 0 Å². The van der Waals surface area contributed by atoms with Crippen LogP contribution in [-0.4, -0.2) is 16.5 Å². The number of aryl methyl sites for hydroxylation is 2. The second-order valence-corrected chi connectivity index (χ2v) is 4.54. The van der Waals surface area contributed by atoms with Gasteiger partial charge in [0.25, 0.3) is 0 Å². The first-order valence-electron chi connectivity index (χ1n) is 6.28. The van der Waals surface area contributed by atoms with E-state index in [1.165, 1.54) is 11.1 Å². The van der Waals surface area contributed by atoms with Gasteiger partial charge in [-0.2, -0.15) is 0 Å². The topological polar surface area (TPSA) is 37.8 Å². The Hall–Kier alpha value is -1.74. The van der Waals surface area contributed by atoms with E-state index in [-0.39, 0.29) is 6.04 Å². The van der Waals surface area contributed by atoms with Crippen molar-refractivity contribution in [2.24, 2.45) is 0 Å². The highest BCUT2D eigenvalue weighted by Crippen LogP contribution is 2.20. The van der Waals surface area contributed by atoms with Crippen LogP contribution >= 0.6 is 0 Å². The van der Waals surface area contributed by atoms with Crippen LogP contribution in [0.4, 0.5) is 0 Å². The Balaban J connectivity index is 2.39. The molecule has 1 atom stereocenters. The van der Waals surface area contributed by atoms with Crippen molar-refractivity contribution in [1.29, 1.82) is 0 Å². The summed E-state index contributed by atoms with van der Waals surface area (Å²) in [7, 11) is 0. The van der Waals surface area contributed by atoms with Gasteiger partial charge in [-0.15, -0.1) is 0 Å². The SMILES string of the molecule is CCNC(c1cncc(C)c1)c1cc(C)ccn1. The molecule has 0 fully saturated rings. The lowest BCUT2D eigenvalue weighted by Crippen LogP contribution is -2.23. The predicted octanol–water partition coefficient (Wildman–Crippen LogP) is 2.79. The van der Waals surface area contributed by atoms with Gasteiger partial charge in [0.15, 0.2) is 0 Å². The molecule has 2 rings (SSSR count). The van der Waals surface area contributed by atoms with E-state index in [0.29, 0.717) is 0 Å². The van der Waals surface area contributed by atoms with Gasteiger partial charge in [-0.3, -0.25) is 9.97 Å². The van der Waals surface area contributed by atoms with Crippen LogP contribution in [0.1, 0.15) is 35.3 Å². The summed E-state index contributed by atoms with van der Waals surface area (Å²) in [5.41, 5.74) is 4.60. The molecule has 1 N–H and O–H groups in total. The minimum atomic E-state index is 0.113. The average molecular weight is 241 g/mol. The van der Waals surface area contributed by atoms with Crippen molar-refractivity contribution < 1.29 is 0 Å². The molecule has 0 spiro atoms. The molecule has 18 heavy (non-hydrogen) atoms. The number of aromatic nitrogens is 2. The molecule has 94 valence electrons. The summed E-state index contributed by atoms with van der Waals surface area (Å²) in [6, 6.07) is 6.41. The highest BCUT2D eigenvalue weighted by atomic mass is 14.9. The maximum absolute atomic E-state index is 4.47. The van der Waals surface area contributed by atoms with E-state index < -0.39 is 0 Å². The van der Waals surface area contributed by atoms with Crippen molar-refractivity contribution in [3.8, 4) is 0 Å². The lowest BCUT2D eigenvalue weighted by molar-refractivity contribution is 0.612. The molecular formula is C15H19N3. The Morgan fingerprint density at radius 3 is 2.67 bits per heavy atom. The predicted molar refractivity (Wildman–Crippen MR) is 73.5 cm³/mol. The lowest BCUT2D eigenvalue weighted by Gasteiger charge is -2.18. The van der Waals surface area contributed by atoms with Crippen molar-refractivity contribution >= 4 is 0 Å². The first kappa shape index (κ1) is 12.7. The second kappa shape index (κ2) is 5.74. The number of nitrogens with zero attached hydrogens (tertiary/aromatic N) is 2. The Morgan fingerprint density at radius 1 is 1.17 bits per heavy atom. The van der Waals surface area contributed by atoms with Crippen LogP contribution < -0.4 is 5.32 Å². The Bertz CT molecular complexity index is 477. The highest BCUT2D eigenvalue weighted by Gasteiger charge is 2.14. The van der Waals surface area contributed by atoms with Gasteiger partial charge >= 0.3 is 0 Å². The van der Waals surface area contributed by atoms with Gasteiger partial charge in [0.1, 0.15) is 0 Å². The van der Waals surface area contributed by atoms with Crippen molar-refractivity contribution in [3.05, 3.63) is 59.2 Å². The third-order valence-corrected chi connectivity index (χ3v) is 2.87. The number of rotatable bonds is 4. The number of pyridine rings is 2. The van der Waals surface area contributed by atoms with Crippen LogP contribution in [0.3, 0.4) is 0 Å². The second-order valence-electron chi connectivity index (χ2n) is 4.54. The molecule has 1 unspecified atom stereocenters. The first-order valence-corrected chi connectivity index (χ1v) is 6.28. The van der Waals surface area contributed by atoms with Gasteiger partial charge in [0.05, 0.1) is 11.7 Å². The van der Waals surface area contributed by atoms with E-state index in [1.807, 2.05) is 24.7 Å². The van der Waals surface area contributed by atoms with E-state index in [0.717, 1.165) is 17.8 Å². The molecule has 0 aliphatic heterocycles. The fourth-order valence-corrected chi connectivity index (χ4v) is 2.05. The third kappa shape index (κ3) is 2.93. The van der Waals surface area contributed by atoms with Crippen molar-refractivity contribution in [2.75, 3.05) is 6.54 Å². The molecular weight excluding hydrogens is 222 g/mol. The summed E-state index contributed by atoms with van der Waals surface area (Å²) in [5, 5.41) is 3.47. The zero-order valence-electron chi connectivity index (χ0n) is 11.1. The zero-order valence-corrected chi connectivity index (χ0v) is 11.1. The normalized spacial score (nSPS) is 12.4. The number of hydrogen-bond donors (Lipinski definition) is 1. The molecule has 3 heteroatoms. The van der Waals surface area contributed by atoms with E-state index in [2.05, 4.69) is 48.2 Å². The summed E-state index contributed by atoms with van der Waals surface area (Å²) >= 11 is 0. The first-order chi connectivity index (χ1) is 8.70.